The van der Waals surface area contributed by atoms with Crippen molar-refractivity contribution >= 4 is 22.9 Å². The van der Waals surface area contributed by atoms with Crippen LogP contribution in [0.2, 0.25) is 0 Å². The molecule has 3 nitrogen and oxygen atoms in total. The van der Waals surface area contributed by atoms with E-state index in [1.54, 1.807) is 11.3 Å². The highest BCUT2D eigenvalue weighted by molar-refractivity contribution is 7.09. The van der Waals surface area contributed by atoms with Gasteiger partial charge in [0.1, 0.15) is 0 Å². The lowest BCUT2D eigenvalue weighted by Gasteiger charge is -2.11. The molecule has 0 aliphatic rings. The van der Waals surface area contributed by atoms with Crippen molar-refractivity contribution < 1.29 is 4.79 Å². The smallest absolute Gasteiger partial charge is 0.228 e. The Morgan fingerprint density at radius 2 is 1.62 bits per heavy atom. The molecule has 0 aliphatic carbocycles. The van der Waals surface area contributed by atoms with Gasteiger partial charge in [0.15, 0.2) is 0 Å². The second-order valence-corrected chi connectivity index (χ2v) is 8.06. The van der Waals surface area contributed by atoms with E-state index in [2.05, 4.69) is 33.9 Å². The molecule has 0 fully saturated rings. The molecular formula is C25H22N2OS. The Kier molecular flexibility index (Phi) is 5.82. The predicted octanol–water partition coefficient (Wildman–Crippen LogP) is 5.89. The van der Waals surface area contributed by atoms with Crippen LogP contribution in [0.5, 0.6) is 0 Å². The van der Waals surface area contributed by atoms with E-state index in [1.165, 1.54) is 5.56 Å². The minimum absolute atomic E-state index is 0.0113. The molecule has 0 aliphatic heterocycles. The largest absolute Gasteiger partial charge is 0.326 e. The normalized spacial score (nSPS) is 10.7. The number of nitrogens with zero attached hydrogens (tertiary/aromatic N) is 1. The monoisotopic (exact) mass is 398 g/mol. The summed E-state index contributed by atoms with van der Waals surface area (Å²) >= 11 is 1.64. The van der Waals surface area contributed by atoms with E-state index in [4.69, 9.17) is 0 Å². The number of thiazole rings is 1. The molecule has 4 rings (SSSR count). The average molecular weight is 399 g/mol. The fourth-order valence-corrected chi connectivity index (χ4v) is 3.90. The van der Waals surface area contributed by atoms with E-state index < -0.39 is 0 Å². The number of anilines is 1. The van der Waals surface area contributed by atoms with Crippen LogP contribution in [0.4, 0.5) is 5.69 Å². The topological polar surface area (TPSA) is 42.0 Å². The summed E-state index contributed by atoms with van der Waals surface area (Å²) in [5.74, 6) is -0.0113. The van der Waals surface area contributed by atoms with Crippen molar-refractivity contribution in [3.05, 3.63) is 106 Å². The van der Waals surface area contributed by atoms with Crippen molar-refractivity contribution in [1.29, 1.82) is 0 Å². The van der Waals surface area contributed by atoms with Gasteiger partial charge in [-0.05, 0) is 36.1 Å². The van der Waals surface area contributed by atoms with Gasteiger partial charge >= 0.3 is 0 Å². The number of benzene rings is 3. The van der Waals surface area contributed by atoms with E-state index in [0.717, 1.165) is 39.5 Å². The fraction of sp³-hybridized carbons (Fsp3) is 0.120. The first-order valence-corrected chi connectivity index (χ1v) is 10.5. The molecular weight excluding hydrogens is 376 g/mol. The second kappa shape index (κ2) is 8.84. The van der Waals surface area contributed by atoms with Gasteiger partial charge in [-0.15, -0.1) is 11.3 Å². The zero-order valence-electron chi connectivity index (χ0n) is 16.3. The molecule has 3 aromatic carbocycles. The maximum absolute atomic E-state index is 12.6. The lowest BCUT2D eigenvalue weighted by molar-refractivity contribution is -0.115. The molecule has 1 aromatic heterocycles. The highest BCUT2D eigenvalue weighted by atomic mass is 32.1. The first kappa shape index (κ1) is 19.1. The van der Waals surface area contributed by atoms with Crippen molar-refractivity contribution in [2.24, 2.45) is 0 Å². The summed E-state index contributed by atoms with van der Waals surface area (Å²) in [6.07, 6.45) is 1.13. The molecule has 1 heterocycles. The molecule has 0 saturated heterocycles. The Morgan fingerprint density at radius 3 is 2.34 bits per heavy atom. The van der Waals surface area contributed by atoms with Gasteiger partial charge in [0, 0.05) is 16.6 Å². The molecule has 1 amide bonds. The maximum atomic E-state index is 12.6. The van der Waals surface area contributed by atoms with Crippen LogP contribution in [0.3, 0.4) is 0 Å². The molecule has 1 N–H and O–H groups in total. The zero-order chi connectivity index (χ0) is 20.1. The van der Waals surface area contributed by atoms with E-state index in [0.29, 0.717) is 6.42 Å². The van der Waals surface area contributed by atoms with Crippen molar-refractivity contribution in [2.45, 2.75) is 19.8 Å². The Hall–Kier alpha value is -3.24. The van der Waals surface area contributed by atoms with Crippen molar-refractivity contribution in [3.8, 4) is 11.3 Å². The van der Waals surface area contributed by atoms with Crippen LogP contribution in [0.25, 0.3) is 11.3 Å². The first-order valence-electron chi connectivity index (χ1n) is 9.60. The van der Waals surface area contributed by atoms with Crippen LogP contribution in [0, 0.1) is 6.92 Å². The Bertz CT molecular complexity index is 1100. The van der Waals surface area contributed by atoms with Crippen LogP contribution >= 0.6 is 11.3 Å². The fourth-order valence-electron chi connectivity index (χ4n) is 3.28. The maximum Gasteiger partial charge on any atom is 0.228 e. The molecule has 0 bridgehead atoms. The van der Waals surface area contributed by atoms with E-state index in [9.17, 15) is 4.79 Å². The van der Waals surface area contributed by atoms with Crippen LogP contribution in [0.15, 0.2) is 84.2 Å². The second-order valence-electron chi connectivity index (χ2n) is 6.99. The molecule has 4 heteroatoms. The number of carbonyl (C=O) groups excluding carboxylic acids is 1. The number of amides is 1. The van der Waals surface area contributed by atoms with Gasteiger partial charge < -0.3 is 5.32 Å². The number of rotatable bonds is 6. The Labute approximate surface area is 175 Å². The van der Waals surface area contributed by atoms with Gasteiger partial charge in [0.05, 0.1) is 17.1 Å². The van der Waals surface area contributed by atoms with E-state index in [-0.39, 0.29) is 5.91 Å². The number of carbonyl (C=O) groups is 1. The van der Waals surface area contributed by atoms with E-state index >= 15 is 0 Å². The molecule has 0 atom stereocenters. The number of hydrogen-bond acceptors (Lipinski definition) is 3. The third-order valence-corrected chi connectivity index (χ3v) is 5.54. The SMILES string of the molecule is Cc1nc(-c2ccc(CC(=O)Nc3ccccc3Cc3ccccc3)cc2)cs1. The summed E-state index contributed by atoms with van der Waals surface area (Å²) in [6.45, 7) is 2.00. The highest BCUT2D eigenvalue weighted by Crippen LogP contribution is 2.23. The molecule has 0 unspecified atom stereocenters. The molecule has 29 heavy (non-hydrogen) atoms. The summed E-state index contributed by atoms with van der Waals surface area (Å²) in [4.78, 5) is 17.1. The third-order valence-electron chi connectivity index (χ3n) is 4.76. The van der Waals surface area contributed by atoms with Crippen LogP contribution in [0.1, 0.15) is 21.7 Å². The summed E-state index contributed by atoms with van der Waals surface area (Å²) in [7, 11) is 0. The molecule has 4 aromatic rings. The van der Waals surface area contributed by atoms with Crippen molar-refractivity contribution in [2.75, 3.05) is 5.32 Å². The van der Waals surface area contributed by atoms with Gasteiger partial charge in [0.2, 0.25) is 5.91 Å². The zero-order valence-corrected chi connectivity index (χ0v) is 17.1. The van der Waals surface area contributed by atoms with Crippen molar-refractivity contribution in [3.63, 3.8) is 0 Å². The minimum atomic E-state index is -0.0113. The van der Waals surface area contributed by atoms with Gasteiger partial charge in [-0.2, -0.15) is 0 Å². The molecule has 144 valence electrons. The minimum Gasteiger partial charge on any atom is -0.326 e. The van der Waals surface area contributed by atoms with Crippen molar-refractivity contribution in [1.82, 2.24) is 4.98 Å². The van der Waals surface area contributed by atoms with Gasteiger partial charge in [-0.3, -0.25) is 4.79 Å². The van der Waals surface area contributed by atoms with Crippen LogP contribution < -0.4 is 5.32 Å². The summed E-state index contributed by atoms with van der Waals surface area (Å²) < 4.78 is 0. The summed E-state index contributed by atoms with van der Waals surface area (Å²) in [5, 5.41) is 6.19. The lowest BCUT2D eigenvalue weighted by atomic mass is 10.0. The van der Waals surface area contributed by atoms with Crippen LogP contribution in [-0.4, -0.2) is 10.9 Å². The van der Waals surface area contributed by atoms with Gasteiger partial charge in [-0.25, -0.2) is 4.98 Å². The van der Waals surface area contributed by atoms with Gasteiger partial charge in [-0.1, -0.05) is 72.8 Å². The van der Waals surface area contributed by atoms with E-state index in [1.807, 2.05) is 67.6 Å². The molecule has 0 saturated carbocycles. The average Bonchev–Trinajstić information content (AvgIpc) is 3.17. The predicted molar refractivity (Wildman–Crippen MR) is 120 cm³/mol. The summed E-state index contributed by atoms with van der Waals surface area (Å²) in [6, 6.07) is 26.3. The number of aryl methyl sites for hydroxylation is 1. The lowest BCUT2D eigenvalue weighted by Crippen LogP contribution is -2.15. The third kappa shape index (κ3) is 4.98. The number of aromatic nitrogens is 1. The van der Waals surface area contributed by atoms with Gasteiger partial charge in [0.25, 0.3) is 0 Å². The number of para-hydroxylation sites is 1. The highest BCUT2D eigenvalue weighted by Gasteiger charge is 2.09. The number of hydrogen-bond donors (Lipinski definition) is 1. The molecule has 0 spiro atoms. The Morgan fingerprint density at radius 1 is 0.897 bits per heavy atom. The summed E-state index contributed by atoms with van der Waals surface area (Å²) in [5.41, 5.74) is 6.25. The number of nitrogens with one attached hydrogen (secondary N) is 1. The van der Waals surface area contributed by atoms with Crippen LogP contribution in [-0.2, 0) is 17.6 Å². The first-order chi connectivity index (χ1) is 14.2. The Balaban J connectivity index is 1.42. The quantitative estimate of drug-likeness (QED) is 0.440. The standard InChI is InChI=1S/C25H22N2OS/c1-18-26-24(17-29-18)21-13-11-20(12-14-21)16-25(28)27-23-10-6-5-9-22(23)15-19-7-3-2-4-8-19/h2-14,17H,15-16H2,1H3,(H,27,28). The molecule has 0 radical (unpaired) electrons.